The molecule has 1 aromatic heterocycles. The highest BCUT2D eigenvalue weighted by Gasteiger charge is 2.31. The lowest BCUT2D eigenvalue weighted by Gasteiger charge is -2.28. The Morgan fingerprint density at radius 2 is 2.12 bits per heavy atom. The first kappa shape index (κ1) is 18.7. The SMILES string of the molecule is CCCCCNC(=O)c1ccc(N(CC)C2CCS(=O)(=O)C2)cn1. The van der Waals surface area contributed by atoms with Crippen LogP contribution in [0.1, 0.15) is 50.0 Å². The predicted octanol–water partition coefficient (Wildman–Crippen LogP) is 2.01. The van der Waals surface area contributed by atoms with Gasteiger partial charge in [0.1, 0.15) is 5.69 Å². The Kier molecular flexibility index (Phi) is 6.60. The standard InChI is InChI=1S/C17H27N3O3S/c1-3-5-6-10-18-17(21)16-8-7-14(12-19-16)20(4-2)15-9-11-24(22,23)13-15/h7-8,12,15H,3-6,9-11,13H2,1-2H3,(H,18,21). The minimum Gasteiger partial charge on any atom is -0.367 e. The van der Waals surface area contributed by atoms with E-state index in [9.17, 15) is 13.2 Å². The highest BCUT2D eigenvalue weighted by atomic mass is 32.2. The van der Waals surface area contributed by atoms with Crippen LogP contribution in [0, 0.1) is 0 Å². The van der Waals surface area contributed by atoms with Crippen molar-refractivity contribution >= 4 is 21.4 Å². The highest BCUT2D eigenvalue weighted by Crippen LogP contribution is 2.23. The monoisotopic (exact) mass is 353 g/mol. The average Bonchev–Trinajstić information content (AvgIpc) is 2.92. The molecular formula is C17H27N3O3S. The number of hydrogen-bond donors (Lipinski definition) is 1. The third-order valence-corrected chi connectivity index (χ3v) is 6.12. The fraction of sp³-hybridized carbons (Fsp3) is 0.647. The molecule has 0 aliphatic carbocycles. The topological polar surface area (TPSA) is 79.4 Å². The molecule has 0 radical (unpaired) electrons. The first-order valence-corrected chi connectivity index (χ1v) is 10.5. The fourth-order valence-corrected chi connectivity index (χ4v) is 4.76. The van der Waals surface area contributed by atoms with Crippen LogP contribution in [-0.2, 0) is 9.84 Å². The number of anilines is 1. The van der Waals surface area contributed by atoms with E-state index in [0.717, 1.165) is 24.9 Å². The van der Waals surface area contributed by atoms with Gasteiger partial charge in [-0.25, -0.2) is 13.4 Å². The van der Waals surface area contributed by atoms with E-state index in [1.54, 1.807) is 12.3 Å². The number of aromatic nitrogens is 1. The number of sulfone groups is 1. The van der Waals surface area contributed by atoms with Gasteiger partial charge in [0.25, 0.3) is 5.91 Å². The summed E-state index contributed by atoms with van der Waals surface area (Å²) < 4.78 is 23.4. The van der Waals surface area contributed by atoms with Crippen LogP contribution in [0.25, 0.3) is 0 Å². The van der Waals surface area contributed by atoms with E-state index in [2.05, 4.69) is 22.1 Å². The maximum Gasteiger partial charge on any atom is 0.269 e. The summed E-state index contributed by atoms with van der Waals surface area (Å²) in [6.07, 6.45) is 5.50. The summed E-state index contributed by atoms with van der Waals surface area (Å²) in [5, 5.41) is 2.87. The Morgan fingerprint density at radius 3 is 2.67 bits per heavy atom. The maximum absolute atomic E-state index is 12.0. The second-order valence-corrected chi connectivity index (χ2v) is 8.44. The van der Waals surface area contributed by atoms with Crippen molar-refractivity contribution in [2.24, 2.45) is 0 Å². The van der Waals surface area contributed by atoms with Crippen molar-refractivity contribution < 1.29 is 13.2 Å². The molecule has 0 aromatic carbocycles. The smallest absolute Gasteiger partial charge is 0.269 e. The van der Waals surface area contributed by atoms with Gasteiger partial charge in [0.2, 0.25) is 0 Å². The second kappa shape index (κ2) is 8.46. The van der Waals surface area contributed by atoms with Crippen molar-refractivity contribution in [3.05, 3.63) is 24.0 Å². The van der Waals surface area contributed by atoms with E-state index < -0.39 is 9.84 Å². The molecular weight excluding hydrogens is 326 g/mol. The first-order chi connectivity index (χ1) is 11.5. The molecule has 0 saturated carbocycles. The Morgan fingerprint density at radius 1 is 1.33 bits per heavy atom. The molecule has 6 nitrogen and oxygen atoms in total. The van der Waals surface area contributed by atoms with Gasteiger partial charge in [0, 0.05) is 19.1 Å². The van der Waals surface area contributed by atoms with Crippen LogP contribution in [0.2, 0.25) is 0 Å². The zero-order valence-corrected chi connectivity index (χ0v) is 15.3. The highest BCUT2D eigenvalue weighted by molar-refractivity contribution is 7.91. The number of pyridine rings is 1. The van der Waals surface area contributed by atoms with Crippen LogP contribution in [0.4, 0.5) is 5.69 Å². The van der Waals surface area contributed by atoms with Crippen molar-refractivity contribution in [3.8, 4) is 0 Å². The molecule has 2 heterocycles. The molecule has 1 aromatic rings. The summed E-state index contributed by atoms with van der Waals surface area (Å²) >= 11 is 0. The number of unbranched alkanes of at least 4 members (excludes halogenated alkanes) is 2. The molecule has 134 valence electrons. The zero-order valence-electron chi connectivity index (χ0n) is 14.5. The van der Waals surface area contributed by atoms with Crippen molar-refractivity contribution in [2.75, 3.05) is 29.5 Å². The number of carbonyl (C=O) groups is 1. The Labute approximate surface area is 144 Å². The van der Waals surface area contributed by atoms with Gasteiger partial charge in [0.05, 0.1) is 23.4 Å². The van der Waals surface area contributed by atoms with Crippen LogP contribution < -0.4 is 10.2 Å². The maximum atomic E-state index is 12.0. The van der Waals surface area contributed by atoms with Crippen molar-refractivity contribution in [1.82, 2.24) is 10.3 Å². The average molecular weight is 353 g/mol. The van der Waals surface area contributed by atoms with E-state index in [-0.39, 0.29) is 23.5 Å². The molecule has 1 unspecified atom stereocenters. The van der Waals surface area contributed by atoms with Crippen molar-refractivity contribution in [1.29, 1.82) is 0 Å². The lowest BCUT2D eigenvalue weighted by molar-refractivity contribution is 0.0948. The summed E-state index contributed by atoms with van der Waals surface area (Å²) in [6.45, 7) is 5.50. The van der Waals surface area contributed by atoms with Gasteiger partial charge in [-0.1, -0.05) is 19.8 Å². The molecule has 1 amide bonds. The molecule has 7 heteroatoms. The van der Waals surface area contributed by atoms with Gasteiger partial charge < -0.3 is 10.2 Å². The summed E-state index contributed by atoms with van der Waals surface area (Å²) in [7, 11) is -2.92. The summed E-state index contributed by atoms with van der Waals surface area (Å²) in [4.78, 5) is 18.3. The summed E-state index contributed by atoms with van der Waals surface area (Å²) in [6, 6.07) is 3.55. The number of nitrogens with one attached hydrogen (secondary N) is 1. The summed E-state index contributed by atoms with van der Waals surface area (Å²) in [5.74, 6) is 0.282. The van der Waals surface area contributed by atoms with Gasteiger partial charge in [-0.3, -0.25) is 4.79 Å². The third kappa shape index (κ3) is 4.93. The normalized spacial score (nSPS) is 19.2. The quantitative estimate of drug-likeness (QED) is 0.723. The Balaban J connectivity index is 1.98. The number of amides is 1. The second-order valence-electron chi connectivity index (χ2n) is 6.21. The largest absolute Gasteiger partial charge is 0.367 e. The summed E-state index contributed by atoms with van der Waals surface area (Å²) in [5.41, 5.74) is 1.26. The third-order valence-electron chi connectivity index (χ3n) is 4.37. The van der Waals surface area contributed by atoms with Crippen LogP contribution in [0.3, 0.4) is 0 Å². The van der Waals surface area contributed by atoms with Gasteiger partial charge >= 0.3 is 0 Å². The van der Waals surface area contributed by atoms with Crippen LogP contribution in [-0.4, -0.2) is 49.9 Å². The molecule has 0 spiro atoms. The van der Waals surface area contributed by atoms with Gasteiger partial charge in [0.15, 0.2) is 9.84 Å². The van der Waals surface area contributed by atoms with E-state index in [1.807, 2.05) is 13.0 Å². The molecule has 0 bridgehead atoms. The first-order valence-electron chi connectivity index (χ1n) is 8.68. The lowest BCUT2D eigenvalue weighted by Crippen LogP contribution is -2.36. The minimum absolute atomic E-state index is 0.00415. The molecule has 1 fully saturated rings. The molecule has 1 aliphatic heterocycles. The molecule has 24 heavy (non-hydrogen) atoms. The molecule has 2 rings (SSSR count). The van der Waals surface area contributed by atoms with E-state index in [4.69, 9.17) is 0 Å². The van der Waals surface area contributed by atoms with E-state index in [0.29, 0.717) is 25.2 Å². The number of carbonyl (C=O) groups excluding carboxylic acids is 1. The Bertz CT molecular complexity index is 644. The fourth-order valence-electron chi connectivity index (χ4n) is 3.03. The molecule has 1 atom stereocenters. The minimum atomic E-state index is -2.92. The number of rotatable bonds is 8. The molecule has 1 saturated heterocycles. The number of nitrogens with zero attached hydrogens (tertiary/aromatic N) is 2. The van der Waals surface area contributed by atoms with Crippen LogP contribution in [0.5, 0.6) is 0 Å². The molecule has 1 aliphatic rings. The zero-order chi connectivity index (χ0) is 17.6. The molecule has 1 N–H and O–H groups in total. The number of hydrogen-bond acceptors (Lipinski definition) is 5. The van der Waals surface area contributed by atoms with E-state index >= 15 is 0 Å². The van der Waals surface area contributed by atoms with Gasteiger partial charge in [-0.15, -0.1) is 0 Å². The van der Waals surface area contributed by atoms with Crippen molar-refractivity contribution in [3.63, 3.8) is 0 Å². The van der Waals surface area contributed by atoms with Crippen LogP contribution in [0.15, 0.2) is 18.3 Å². The Hall–Kier alpha value is -1.63. The lowest BCUT2D eigenvalue weighted by atomic mass is 10.2. The van der Waals surface area contributed by atoms with Crippen molar-refractivity contribution in [2.45, 2.75) is 45.6 Å². The predicted molar refractivity (Wildman–Crippen MR) is 96.2 cm³/mol. The van der Waals surface area contributed by atoms with Crippen LogP contribution >= 0.6 is 0 Å². The van der Waals surface area contributed by atoms with E-state index in [1.165, 1.54) is 0 Å². The van der Waals surface area contributed by atoms with Gasteiger partial charge in [-0.05, 0) is 31.9 Å². The van der Waals surface area contributed by atoms with Gasteiger partial charge in [-0.2, -0.15) is 0 Å².